The molecule has 0 aliphatic carbocycles. The van der Waals surface area contributed by atoms with E-state index in [1.165, 1.54) is 23.3 Å². The number of anilines is 1. The molecule has 0 bridgehead atoms. The van der Waals surface area contributed by atoms with Crippen LogP contribution in [0.3, 0.4) is 0 Å². The van der Waals surface area contributed by atoms with Gasteiger partial charge >= 0.3 is 6.03 Å². The van der Waals surface area contributed by atoms with Gasteiger partial charge in [0.2, 0.25) is 5.91 Å². The molecule has 2 aromatic carbocycles. The lowest BCUT2D eigenvalue weighted by atomic mass is 9.93. The molecule has 0 saturated carbocycles. The number of nitrogens with one attached hydrogen (secondary N) is 1. The Labute approximate surface area is 184 Å². The highest BCUT2D eigenvalue weighted by atomic mass is 19.1. The minimum atomic E-state index is -0.413. The molecule has 0 saturated heterocycles. The summed E-state index contributed by atoms with van der Waals surface area (Å²) >= 11 is 0. The van der Waals surface area contributed by atoms with Crippen LogP contribution >= 0.6 is 0 Å². The number of nitrogens with zero attached hydrogens (tertiary/aromatic N) is 2. The van der Waals surface area contributed by atoms with Gasteiger partial charge in [0.15, 0.2) is 0 Å². The zero-order chi connectivity index (χ0) is 22.2. The molecule has 0 fully saturated rings. The Kier molecular flexibility index (Phi) is 8.04. The summed E-state index contributed by atoms with van der Waals surface area (Å²) in [6, 6.07) is 13.6. The number of hydrogen-bond acceptors (Lipinski definition) is 2. The summed E-state index contributed by atoms with van der Waals surface area (Å²) < 4.78 is 13.5. The van der Waals surface area contributed by atoms with E-state index in [1.54, 1.807) is 17.0 Å². The number of benzene rings is 2. The van der Waals surface area contributed by atoms with E-state index in [1.807, 2.05) is 24.0 Å². The Morgan fingerprint density at radius 3 is 2.71 bits per heavy atom. The fourth-order valence-corrected chi connectivity index (χ4v) is 4.12. The first-order valence-corrected chi connectivity index (χ1v) is 11.2. The number of halogens is 1. The highest BCUT2D eigenvalue weighted by Gasteiger charge is 2.29. The third-order valence-corrected chi connectivity index (χ3v) is 5.89. The van der Waals surface area contributed by atoms with E-state index in [-0.39, 0.29) is 24.5 Å². The van der Waals surface area contributed by atoms with Gasteiger partial charge in [-0.3, -0.25) is 4.79 Å². The van der Waals surface area contributed by atoms with Crippen molar-refractivity contribution in [2.24, 2.45) is 0 Å². The van der Waals surface area contributed by atoms with E-state index in [0.29, 0.717) is 18.8 Å². The van der Waals surface area contributed by atoms with Crippen LogP contribution in [-0.2, 0) is 11.2 Å². The SMILES string of the molecule is CCCCCCN(CC(=O)N1CCc2ccccc2C1C)C(=O)Nc1cccc(F)c1. The first kappa shape index (κ1) is 22.8. The van der Waals surface area contributed by atoms with Crippen molar-refractivity contribution in [2.45, 2.75) is 52.0 Å². The average Bonchev–Trinajstić information content (AvgIpc) is 2.76. The van der Waals surface area contributed by atoms with Gasteiger partial charge in [0.1, 0.15) is 12.4 Å². The molecule has 1 N–H and O–H groups in total. The van der Waals surface area contributed by atoms with Crippen molar-refractivity contribution >= 4 is 17.6 Å². The molecule has 1 aliphatic rings. The maximum absolute atomic E-state index is 13.5. The third kappa shape index (κ3) is 6.06. The minimum absolute atomic E-state index is 0.0137. The lowest BCUT2D eigenvalue weighted by Crippen LogP contribution is -2.47. The van der Waals surface area contributed by atoms with Crippen LogP contribution in [0.2, 0.25) is 0 Å². The molecule has 166 valence electrons. The van der Waals surface area contributed by atoms with E-state index < -0.39 is 5.82 Å². The summed E-state index contributed by atoms with van der Waals surface area (Å²) in [5, 5.41) is 2.74. The van der Waals surface area contributed by atoms with E-state index in [9.17, 15) is 14.0 Å². The smallest absolute Gasteiger partial charge is 0.322 e. The summed E-state index contributed by atoms with van der Waals surface area (Å²) in [6.45, 7) is 5.32. The largest absolute Gasteiger partial charge is 0.334 e. The maximum Gasteiger partial charge on any atom is 0.322 e. The molecular formula is C25H32FN3O2. The Morgan fingerprint density at radius 1 is 1.13 bits per heavy atom. The summed E-state index contributed by atoms with van der Waals surface area (Å²) in [6.07, 6.45) is 4.84. The van der Waals surface area contributed by atoms with Crippen molar-refractivity contribution in [1.82, 2.24) is 9.80 Å². The van der Waals surface area contributed by atoms with Gasteiger partial charge in [-0.15, -0.1) is 0 Å². The second kappa shape index (κ2) is 10.9. The summed E-state index contributed by atoms with van der Waals surface area (Å²) in [4.78, 5) is 29.5. The van der Waals surface area contributed by atoms with E-state index in [4.69, 9.17) is 0 Å². The zero-order valence-corrected chi connectivity index (χ0v) is 18.4. The predicted octanol–water partition coefficient (Wildman–Crippen LogP) is 5.39. The summed E-state index contributed by atoms with van der Waals surface area (Å²) in [5.41, 5.74) is 2.83. The topological polar surface area (TPSA) is 52.7 Å². The number of carbonyl (C=O) groups is 2. The van der Waals surface area contributed by atoms with Gasteiger partial charge in [0, 0.05) is 18.8 Å². The molecule has 6 heteroatoms. The monoisotopic (exact) mass is 425 g/mol. The molecule has 31 heavy (non-hydrogen) atoms. The molecule has 1 unspecified atom stereocenters. The van der Waals surface area contributed by atoms with Crippen LogP contribution in [0.4, 0.5) is 14.9 Å². The fraction of sp³-hybridized carbons (Fsp3) is 0.440. The highest BCUT2D eigenvalue weighted by molar-refractivity contribution is 5.92. The van der Waals surface area contributed by atoms with E-state index in [0.717, 1.165) is 32.1 Å². The Balaban J connectivity index is 1.68. The highest BCUT2D eigenvalue weighted by Crippen LogP contribution is 2.29. The van der Waals surface area contributed by atoms with Crippen LogP contribution in [0, 0.1) is 5.82 Å². The number of fused-ring (bicyclic) bond motifs is 1. The fourth-order valence-electron chi connectivity index (χ4n) is 4.12. The summed E-state index contributed by atoms with van der Waals surface area (Å²) in [7, 11) is 0. The van der Waals surface area contributed by atoms with Gasteiger partial charge in [0.05, 0.1) is 6.04 Å². The van der Waals surface area contributed by atoms with Crippen LogP contribution in [-0.4, -0.2) is 41.4 Å². The average molecular weight is 426 g/mol. The van der Waals surface area contributed by atoms with Gasteiger partial charge in [-0.2, -0.15) is 0 Å². The number of carbonyl (C=O) groups excluding carboxylic acids is 2. The van der Waals surface area contributed by atoms with Crippen LogP contribution < -0.4 is 5.32 Å². The quantitative estimate of drug-likeness (QED) is 0.577. The van der Waals surface area contributed by atoms with Crippen LogP contribution in [0.1, 0.15) is 56.7 Å². The number of urea groups is 1. The molecule has 5 nitrogen and oxygen atoms in total. The van der Waals surface area contributed by atoms with Crippen molar-refractivity contribution in [3.05, 3.63) is 65.5 Å². The van der Waals surface area contributed by atoms with Gasteiger partial charge in [-0.05, 0) is 49.1 Å². The number of hydrogen-bond donors (Lipinski definition) is 1. The van der Waals surface area contributed by atoms with Crippen molar-refractivity contribution in [3.63, 3.8) is 0 Å². The standard InChI is InChI=1S/C25H32FN3O2/c1-3-4-5-8-15-28(25(31)27-22-12-9-11-21(26)17-22)18-24(30)29-16-14-20-10-6-7-13-23(20)19(29)2/h6-7,9-13,17,19H,3-5,8,14-16,18H2,1-2H3,(H,27,31). The third-order valence-electron chi connectivity index (χ3n) is 5.89. The Morgan fingerprint density at radius 2 is 1.94 bits per heavy atom. The molecular weight excluding hydrogens is 393 g/mol. The number of rotatable bonds is 8. The summed E-state index contributed by atoms with van der Waals surface area (Å²) in [5.74, 6) is -0.476. The normalized spacial score (nSPS) is 15.3. The van der Waals surface area contributed by atoms with Gasteiger partial charge < -0.3 is 15.1 Å². The lowest BCUT2D eigenvalue weighted by molar-refractivity contribution is -0.134. The molecule has 0 radical (unpaired) electrons. The molecule has 0 aromatic heterocycles. The van der Waals surface area contributed by atoms with Crippen molar-refractivity contribution < 1.29 is 14.0 Å². The molecule has 3 rings (SSSR count). The molecule has 3 amide bonds. The molecule has 1 aliphatic heterocycles. The number of unbranched alkanes of at least 4 members (excludes halogenated alkanes) is 3. The van der Waals surface area contributed by atoms with Gasteiger partial charge in [-0.1, -0.05) is 56.5 Å². The molecule has 1 atom stereocenters. The minimum Gasteiger partial charge on any atom is -0.334 e. The van der Waals surface area contributed by atoms with Crippen molar-refractivity contribution in [2.75, 3.05) is 25.0 Å². The van der Waals surface area contributed by atoms with Crippen molar-refractivity contribution in [3.8, 4) is 0 Å². The Hall–Kier alpha value is -2.89. The molecule has 0 spiro atoms. The zero-order valence-electron chi connectivity index (χ0n) is 18.4. The number of amides is 3. The van der Waals surface area contributed by atoms with E-state index >= 15 is 0 Å². The predicted molar refractivity (Wildman–Crippen MR) is 121 cm³/mol. The van der Waals surface area contributed by atoms with Gasteiger partial charge in [-0.25, -0.2) is 9.18 Å². The first-order chi connectivity index (χ1) is 15.0. The molecule has 2 aromatic rings. The second-order valence-corrected chi connectivity index (χ2v) is 8.13. The van der Waals surface area contributed by atoms with Gasteiger partial charge in [0.25, 0.3) is 0 Å². The van der Waals surface area contributed by atoms with Crippen LogP contribution in [0.15, 0.2) is 48.5 Å². The first-order valence-electron chi connectivity index (χ1n) is 11.2. The second-order valence-electron chi connectivity index (χ2n) is 8.13. The van der Waals surface area contributed by atoms with Crippen LogP contribution in [0.25, 0.3) is 0 Å². The van der Waals surface area contributed by atoms with E-state index in [2.05, 4.69) is 24.4 Å². The maximum atomic E-state index is 13.5. The molecule has 1 heterocycles. The lowest BCUT2D eigenvalue weighted by Gasteiger charge is -2.36. The van der Waals surface area contributed by atoms with Crippen molar-refractivity contribution in [1.29, 1.82) is 0 Å². The van der Waals surface area contributed by atoms with Crippen LogP contribution in [0.5, 0.6) is 0 Å². The Bertz CT molecular complexity index is 902.